The Morgan fingerprint density at radius 3 is 2.53 bits per heavy atom. The zero-order chi connectivity index (χ0) is 13.7. The van der Waals surface area contributed by atoms with Crippen molar-refractivity contribution < 1.29 is 10.0 Å². The largest absolute Gasteiger partial charge is 0.508 e. The van der Waals surface area contributed by atoms with Crippen molar-refractivity contribution in [2.45, 2.75) is 6.42 Å². The van der Waals surface area contributed by atoms with Crippen LogP contribution in [-0.4, -0.2) is 10.0 Å². The summed E-state index contributed by atoms with van der Waals surface area (Å²) in [6, 6.07) is 15.7. The Labute approximate surface area is 110 Å². The van der Waals surface area contributed by atoms with Crippen molar-refractivity contribution in [2.75, 3.05) is 0 Å². The summed E-state index contributed by atoms with van der Waals surface area (Å²) in [5, 5.41) is 20.4. The van der Waals surface area contributed by atoms with Crippen LogP contribution in [0.5, 0.6) is 5.75 Å². The second kappa shape index (κ2) is 5.82. The Balaban J connectivity index is 2.28. The lowest BCUT2D eigenvalue weighted by molar-refractivity contribution is -0.425. The molecule has 19 heavy (non-hydrogen) atoms. The van der Waals surface area contributed by atoms with Crippen molar-refractivity contribution in [3.05, 3.63) is 81.5 Å². The van der Waals surface area contributed by atoms with Crippen LogP contribution in [-0.2, 0) is 6.42 Å². The third-order valence-electron chi connectivity index (χ3n) is 2.67. The van der Waals surface area contributed by atoms with E-state index in [1.54, 1.807) is 12.1 Å². The van der Waals surface area contributed by atoms with Gasteiger partial charge in [0.1, 0.15) is 5.75 Å². The number of hydrogen-bond donors (Lipinski definition) is 1. The van der Waals surface area contributed by atoms with E-state index in [0.29, 0.717) is 5.56 Å². The number of rotatable bonds is 4. The molecular formula is C15H13NO3. The molecule has 0 atom stereocenters. The average molecular weight is 255 g/mol. The van der Waals surface area contributed by atoms with E-state index < -0.39 is 4.92 Å². The molecule has 0 radical (unpaired) electrons. The molecule has 0 bridgehead atoms. The molecule has 2 aromatic rings. The number of allylic oxidation sites excluding steroid dienone is 1. The molecule has 0 fully saturated rings. The molecule has 0 saturated carbocycles. The molecule has 4 nitrogen and oxygen atoms in total. The van der Waals surface area contributed by atoms with Gasteiger partial charge in [-0.05, 0) is 23.3 Å². The summed E-state index contributed by atoms with van der Waals surface area (Å²) in [7, 11) is 0. The highest BCUT2D eigenvalue weighted by Gasteiger charge is 2.11. The van der Waals surface area contributed by atoms with E-state index in [9.17, 15) is 15.2 Å². The Kier molecular flexibility index (Phi) is 3.93. The fourth-order valence-corrected chi connectivity index (χ4v) is 1.78. The first kappa shape index (κ1) is 12.8. The van der Waals surface area contributed by atoms with Crippen LogP contribution in [0.15, 0.2) is 60.3 Å². The monoisotopic (exact) mass is 255 g/mol. The Morgan fingerprint density at radius 2 is 1.89 bits per heavy atom. The number of nitrogens with zero attached hydrogens (tertiary/aromatic N) is 1. The second-order valence-electron chi connectivity index (χ2n) is 4.15. The van der Waals surface area contributed by atoms with E-state index in [1.807, 2.05) is 30.3 Å². The van der Waals surface area contributed by atoms with E-state index in [2.05, 4.69) is 0 Å². The van der Waals surface area contributed by atoms with Gasteiger partial charge in [-0.1, -0.05) is 42.5 Å². The second-order valence-corrected chi connectivity index (χ2v) is 4.15. The highest BCUT2D eigenvalue weighted by Crippen LogP contribution is 2.16. The summed E-state index contributed by atoms with van der Waals surface area (Å²) in [5.74, 6) is 0.0937. The van der Waals surface area contributed by atoms with Gasteiger partial charge in [-0.2, -0.15) is 0 Å². The fourth-order valence-electron chi connectivity index (χ4n) is 1.78. The summed E-state index contributed by atoms with van der Waals surface area (Å²) >= 11 is 0. The summed E-state index contributed by atoms with van der Waals surface area (Å²) in [6.07, 6.45) is 1.73. The standard InChI is InChI=1S/C15H13NO3/c17-15-8-4-7-13(11-15)10-14(16(18)19)9-12-5-2-1-3-6-12/h1-8,10-11,17H,9H2/b14-10-. The molecular weight excluding hydrogens is 242 g/mol. The fraction of sp³-hybridized carbons (Fsp3) is 0.0667. The first-order valence-corrected chi connectivity index (χ1v) is 5.83. The van der Waals surface area contributed by atoms with Crippen LogP contribution in [0, 0.1) is 10.1 Å². The predicted octanol–water partition coefficient (Wildman–Crippen LogP) is 3.25. The first-order chi connectivity index (χ1) is 9.15. The normalized spacial score (nSPS) is 11.3. The van der Waals surface area contributed by atoms with Crippen LogP contribution in [0.1, 0.15) is 11.1 Å². The SMILES string of the molecule is O=[N+]([O-])/C(=C\c1cccc(O)c1)Cc1ccccc1. The van der Waals surface area contributed by atoms with Gasteiger partial charge in [0.15, 0.2) is 0 Å². The Morgan fingerprint density at radius 1 is 1.16 bits per heavy atom. The number of phenolic OH excluding ortho intramolecular Hbond substituents is 1. The van der Waals surface area contributed by atoms with E-state index >= 15 is 0 Å². The van der Waals surface area contributed by atoms with Gasteiger partial charge >= 0.3 is 0 Å². The van der Waals surface area contributed by atoms with E-state index in [1.165, 1.54) is 18.2 Å². The summed E-state index contributed by atoms with van der Waals surface area (Å²) in [6.45, 7) is 0. The van der Waals surface area contributed by atoms with Gasteiger partial charge in [-0.15, -0.1) is 0 Å². The highest BCUT2D eigenvalue weighted by atomic mass is 16.6. The van der Waals surface area contributed by atoms with Crippen molar-refractivity contribution >= 4 is 6.08 Å². The van der Waals surface area contributed by atoms with Gasteiger partial charge in [-0.3, -0.25) is 10.1 Å². The van der Waals surface area contributed by atoms with Gasteiger partial charge < -0.3 is 5.11 Å². The molecule has 0 unspecified atom stereocenters. The minimum absolute atomic E-state index is 0.0937. The molecule has 0 saturated heterocycles. The van der Waals surface area contributed by atoms with Crippen LogP contribution in [0.2, 0.25) is 0 Å². The molecule has 1 N–H and O–H groups in total. The first-order valence-electron chi connectivity index (χ1n) is 5.83. The molecule has 2 rings (SSSR count). The zero-order valence-electron chi connectivity index (χ0n) is 10.2. The molecule has 0 aliphatic heterocycles. The van der Waals surface area contributed by atoms with Crippen molar-refractivity contribution in [1.29, 1.82) is 0 Å². The summed E-state index contributed by atoms with van der Waals surface area (Å²) in [4.78, 5) is 10.7. The molecule has 2 aromatic carbocycles. The number of hydrogen-bond acceptors (Lipinski definition) is 3. The topological polar surface area (TPSA) is 63.4 Å². The lowest BCUT2D eigenvalue weighted by Crippen LogP contribution is -2.02. The van der Waals surface area contributed by atoms with Crippen LogP contribution in [0.25, 0.3) is 6.08 Å². The van der Waals surface area contributed by atoms with Gasteiger partial charge in [0.05, 0.1) is 11.3 Å². The Bertz CT molecular complexity index is 606. The number of nitro groups is 1. The molecule has 0 aliphatic carbocycles. The molecule has 0 aliphatic rings. The number of benzene rings is 2. The third kappa shape index (κ3) is 3.67. The van der Waals surface area contributed by atoms with Gasteiger partial charge in [-0.25, -0.2) is 0 Å². The van der Waals surface area contributed by atoms with E-state index in [-0.39, 0.29) is 17.9 Å². The number of aromatic hydroxyl groups is 1. The number of phenols is 1. The van der Waals surface area contributed by atoms with Crippen molar-refractivity contribution in [3.8, 4) is 5.75 Å². The molecule has 96 valence electrons. The maximum Gasteiger partial charge on any atom is 0.251 e. The van der Waals surface area contributed by atoms with Crippen LogP contribution in [0.4, 0.5) is 0 Å². The zero-order valence-corrected chi connectivity index (χ0v) is 10.2. The lowest BCUT2D eigenvalue weighted by Gasteiger charge is -2.00. The highest BCUT2D eigenvalue weighted by molar-refractivity contribution is 5.53. The van der Waals surface area contributed by atoms with Crippen LogP contribution >= 0.6 is 0 Å². The molecule has 0 amide bonds. The summed E-state index contributed by atoms with van der Waals surface area (Å²) < 4.78 is 0. The third-order valence-corrected chi connectivity index (χ3v) is 2.67. The Hall–Kier alpha value is -2.62. The van der Waals surface area contributed by atoms with Crippen LogP contribution < -0.4 is 0 Å². The quantitative estimate of drug-likeness (QED) is 0.673. The summed E-state index contributed by atoms with van der Waals surface area (Å²) in [5.41, 5.74) is 1.59. The minimum atomic E-state index is -0.392. The minimum Gasteiger partial charge on any atom is -0.508 e. The average Bonchev–Trinajstić information content (AvgIpc) is 2.39. The van der Waals surface area contributed by atoms with E-state index in [0.717, 1.165) is 5.56 Å². The van der Waals surface area contributed by atoms with Crippen molar-refractivity contribution in [3.63, 3.8) is 0 Å². The van der Waals surface area contributed by atoms with Gasteiger partial charge in [0.2, 0.25) is 0 Å². The van der Waals surface area contributed by atoms with Crippen LogP contribution in [0.3, 0.4) is 0 Å². The predicted molar refractivity (Wildman–Crippen MR) is 73.2 cm³/mol. The molecule has 0 heterocycles. The molecule has 4 heteroatoms. The van der Waals surface area contributed by atoms with E-state index in [4.69, 9.17) is 0 Å². The molecule has 0 aromatic heterocycles. The smallest absolute Gasteiger partial charge is 0.251 e. The van der Waals surface area contributed by atoms with Crippen molar-refractivity contribution in [2.24, 2.45) is 0 Å². The lowest BCUT2D eigenvalue weighted by atomic mass is 10.1. The van der Waals surface area contributed by atoms with Gasteiger partial charge in [0, 0.05) is 6.08 Å². The van der Waals surface area contributed by atoms with Gasteiger partial charge in [0.25, 0.3) is 5.70 Å². The van der Waals surface area contributed by atoms with Crippen molar-refractivity contribution in [1.82, 2.24) is 0 Å². The maximum atomic E-state index is 11.1. The maximum absolute atomic E-state index is 11.1. The molecule has 0 spiro atoms.